The van der Waals surface area contributed by atoms with E-state index in [9.17, 15) is 25.3 Å². The number of benzene rings is 1. The number of nitro benzene ring substituents is 2. The van der Waals surface area contributed by atoms with Gasteiger partial charge in [-0.1, -0.05) is 39.0 Å². The smallest absolute Gasteiger partial charge is 0.346 e. The Morgan fingerprint density at radius 3 is 2.24 bits per heavy atom. The van der Waals surface area contributed by atoms with Crippen molar-refractivity contribution in [2.75, 3.05) is 0 Å². The van der Waals surface area contributed by atoms with Gasteiger partial charge in [-0.25, -0.2) is 0 Å². The predicted molar refractivity (Wildman–Crippen MR) is 78.1 cm³/mol. The zero-order valence-corrected chi connectivity index (χ0v) is 12.0. The third-order valence-electron chi connectivity index (χ3n) is 3.36. The van der Waals surface area contributed by atoms with E-state index in [1.807, 2.05) is 0 Å². The Hall–Kier alpha value is -2.02. The minimum absolute atomic E-state index is 0.350. The van der Waals surface area contributed by atoms with Crippen molar-refractivity contribution in [3.8, 4) is 0 Å². The average Bonchev–Trinajstić information content (AvgIpc) is 2.46. The summed E-state index contributed by atoms with van der Waals surface area (Å²) in [5, 5.41) is 31.6. The maximum Gasteiger partial charge on any atom is 0.346 e. The number of aliphatic hydroxyl groups is 1. The number of rotatable bonds is 9. The van der Waals surface area contributed by atoms with Gasteiger partial charge in [-0.2, -0.15) is 0 Å². The lowest BCUT2D eigenvalue weighted by Crippen LogP contribution is -2.02. The summed E-state index contributed by atoms with van der Waals surface area (Å²) in [5.41, 5.74) is -0.788. The summed E-state index contributed by atoms with van der Waals surface area (Å²) < 4.78 is 0. The van der Waals surface area contributed by atoms with Crippen LogP contribution < -0.4 is 0 Å². The average molecular weight is 296 g/mol. The molecule has 0 aromatic heterocycles. The molecule has 0 aliphatic rings. The lowest BCUT2D eigenvalue weighted by molar-refractivity contribution is -0.422. The van der Waals surface area contributed by atoms with Crippen molar-refractivity contribution in [1.29, 1.82) is 0 Å². The molecule has 1 atom stereocenters. The van der Waals surface area contributed by atoms with Crippen molar-refractivity contribution >= 4 is 11.4 Å². The van der Waals surface area contributed by atoms with Crippen molar-refractivity contribution < 1.29 is 15.0 Å². The Balaban J connectivity index is 2.72. The molecule has 1 rings (SSSR count). The number of aliphatic hydroxyl groups excluding tert-OH is 1. The van der Waals surface area contributed by atoms with Crippen molar-refractivity contribution in [1.82, 2.24) is 0 Å². The summed E-state index contributed by atoms with van der Waals surface area (Å²) >= 11 is 0. The quantitative estimate of drug-likeness (QED) is 0.422. The topological polar surface area (TPSA) is 107 Å². The zero-order chi connectivity index (χ0) is 15.8. The lowest BCUT2D eigenvalue weighted by atomic mass is 10.0. The summed E-state index contributed by atoms with van der Waals surface area (Å²) in [4.78, 5) is 20.0. The molecule has 0 radical (unpaired) electrons. The first kappa shape index (κ1) is 17.0. The standard InChI is InChI=1S/C14H20N2O5/c1-2-3-4-5-6-7-14(17)11-8-9-12(15(18)19)13(10-11)16(20)21/h8-10,14,17H,2-7H2,1H3. The van der Waals surface area contributed by atoms with E-state index in [0.717, 1.165) is 44.2 Å². The molecular formula is C14H20N2O5. The summed E-state index contributed by atoms with van der Waals surface area (Å²) in [7, 11) is 0. The maximum absolute atomic E-state index is 10.9. The molecule has 1 aromatic rings. The Morgan fingerprint density at radius 2 is 1.67 bits per heavy atom. The van der Waals surface area contributed by atoms with Gasteiger partial charge in [-0.05, 0) is 18.1 Å². The predicted octanol–water partition coefficient (Wildman–Crippen LogP) is 3.90. The van der Waals surface area contributed by atoms with Crippen LogP contribution in [0.3, 0.4) is 0 Å². The molecule has 0 fully saturated rings. The first-order valence-electron chi connectivity index (χ1n) is 7.08. The Morgan fingerprint density at radius 1 is 1.05 bits per heavy atom. The molecule has 0 spiro atoms. The molecule has 0 saturated carbocycles. The summed E-state index contributed by atoms with van der Waals surface area (Å²) in [5.74, 6) is 0. The lowest BCUT2D eigenvalue weighted by Gasteiger charge is -2.10. The van der Waals surface area contributed by atoms with E-state index in [1.54, 1.807) is 0 Å². The van der Waals surface area contributed by atoms with E-state index in [1.165, 1.54) is 6.07 Å². The van der Waals surface area contributed by atoms with Crippen LogP contribution in [0.2, 0.25) is 0 Å². The van der Waals surface area contributed by atoms with Gasteiger partial charge in [0.15, 0.2) is 0 Å². The first-order chi connectivity index (χ1) is 9.97. The van der Waals surface area contributed by atoms with E-state index >= 15 is 0 Å². The van der Waals surface area contributed by atoms with Crippen molar-refractivity contribution in [3.05, 3.63) is 44.0 Å². The van der Waals surface area contributed by atoms with E-state index in [-0.39, 0.29) is 0 Å². The van der Waals surface area contributed by atoms with E-state index in [2.05, 4.69) is 6.92 Å². The Labute approximate surface area is 122 Å². The van der Waals surface area contributed by atoms with Crippen LogP contribution in [0, 0.1) is 20.2 Å². The van der Waals surface area contributed by atoms with Gasteiger partial charge in [0, 0.05) is 12.1 Å². The second kappa shape index (κ2) is 8.31. The van der Waals surface area contributed by atoms with Crippen LogP contribution in [0.1, 0.15) is 57.1 Å². The largest absolute Gasteiger partial charge is 0.388 e. The summed E-state index contributed by atoms with van der Waals surface area (Å²) in [6, 6.07) is 3.55. The molecule has 0 bridgehead atoms. The van der Waals surface area contributed by atoms with Crippen LogP contribution in [-0.4, -0.2) is 15.0 Å². The normalized spacial score (nSPS) is 12.1. The number of nitro groups is 2. The molecule has 21 heavy (non-hydrogen) atoms. The van der Waals surface area contributed by atoms with E-state index in [4.69, 9.17) is 0 Å². The van der Waals surface area contributed by atoms with Crippen LogP contribution in [-0.2, 0) is 0 Å². The molecule has 7 nitrogen and oxygen atoms in total. The van der Waals surface area contributed by atoms with Gasteiger partial charge in [-0.15, -0.1) is 0 Å². The molecule has 1 aromatic carbocycles. The van der Waals surface area contributed by atoms with Crippen LogP contribution in [0.15, 0.2) is 18.2 Å². The number of nitrogens with zero attached hydrogens (tertiary/aromatic N) is 2. The second-order valence-electron chi connectivity index (χ2n) is 4.98. The third-order valence-corrected chi connectivity index (χ3v) is 3.36. The van der Waals surface area contributed by atoms with E-state index in [0.29, 0.717) is 12.0 Å². The summed E-state index contributed by atoms with van der Waals surface area (Å²) in [6.07, 6.45) is 4.89. The van der Waals surface area contributed by atoms with Gasteiger partial charge in [0.05, 0.1) is 16.0 Å². The fraction of sp³-hybridized carbons (Fsp3) is 0.571. The number of unbranched alkanes of at least 4 members (excludes halogenated alkanes) is 4. The molecule has 1 unspecified atom stereocenters. The number of hydrogen-bond donors (Lipinski definition) is 1. The fourth-order valence-corrected chi connectivity index (χ4v) is 2.16. The Kier molecular flexibility index (Phi) is 6.74. The molecule has 7 heteroatoms. The molecular weight excluding hydrogens is 276 g/mol. The maximum atomic E-state index is 10.9. The van der Waals surface area contributed by atoms with Gasteiger partial charge in [0.2, 0.25) is 0 Å². The van der Waals surface area contributed by atoms with E-state index < -0.39 is 27.3 Å². The molecule has 0 amide bonds. The second-order valence-corrected chi connectivity index (χ2v) is 4.98. The minimum atomic E-state index is -0.828. The molecule has 0 saturated heterocycles. The molecule has 116 valence electrons. The number of hydrogen-bond acceptors (Lipinski definition) is 5. The third kappa shape index (κ3) is 5.11. The minimum Gasteiger partial charge on any atom is -0.388 e. The molecule has 1 N–H and O–H groups in total. The molecule has 0 heterocycles. The van der Waals surface area contributed by atoms with Crippen molar-refractivity contribution in [2.24, 2.45) is 0 Å². The van der Waals surface area contributed by atoms with Crippen molar-refractivity contribution in [3.63, 3.8) is 0 Å². The zero-order valence-electron chi connectivity index (χ0n) is 12.0. The molecule has 0 aliphatic heterocycles. The Bertz CT molecular complexity index is 504. The van der Waals surface area contributed by atoms with Gasteiger partial charge in [0.25, 0.3) is 0 Å². The highest BCUT2D eigenvalue weighted by atomic mass is 16.6. The SMILES string of the molecule is CCCCCCCC(O)c1ccc([N+](=O)[O-])c([N+](=O)[O-])c1. The monoisotopic (exact) mass is 296 g/mol. The van der Waals surface area contributed by atoms with Gasteiger partial charge in [0.1, 0.15) is 0 Å². The summed E-state index contributed by atoms with van der Waals surface area (Å²) in [6.45, 7) is 2.12. The van der Waals surface area contributed by atoms with Crippen molar-refractivity contribution in [2.45, 2.75) is 51.6 Å². The first-order valence-corrected chi connectivity index (χ1v) is 7.08. The highest BCUT2D eigenvalue weighted by Gasteiger charge is 2.25. The van der Waals surface area contributed by atoms with Gasteiger partial charge >= 0.3 is 11.4 Å². The highest BCUT2D eigenvalue weighted by molar-refractivity contribution is 5.54. The van der Waals surface area contributed by atoms with Gasteiger partial charge < -0.3 is 5.11 Å². The van der Waals surface area contributed by atoms with Crippen LogP contribution in [0.5, 0.6) is 0 Å². The fourth-order valence-electron chi connectivity index (χ4n) is 2.16. The van der Waals surface area contributed by atoms with Crippen LogP contribution in [0.25, 0.3) is 0 Å². The highest BCUT2D eigenvalue weighted by Crippen LogP contribution is 2.31. The molecule has 0 aliphatic carbocycles. The van der Waals surface area contributed by atoms with Gasteiger partial charge in [-0.3, -0.25) is 20.2 Å². The van der Waals surface area contributed by atoms with Crippen LogP contribution >= 0.6 is 0 Å². The van der Waals surface area contributed by atoms with Crippen LogP contribution in [0.4, 0.5) is 11.4 Å².